The quantitative estimate of drug-likeness (QED) is 0.906. The van der Waals surface area contributed by atoms with Gasteiger partial charge in [0.2, 0.25) is 5.89 Å². The Labute approximate surface area is 130 Å². The van der Waals surface area contributed by atoms with Crippen molar-refractivity contribution in [1.29, 1.82) is 0 Å². The van der Waals surface area contributed by atoms with Crippen molar-refractivity contribution in [1.82, 2.24) is 15.5 Å². The van der Waals surface area contributed by atoms with E-state index in [0.717, 1.165) is 12.8 Å². The number of fused-ring (bicyclic) bond motifs is 1. The van der Waals surface area contributed by atoms with Crippen molar-refractivity contribution in [2.75, 3.05) is 6.61 Å². The lowest BCUT2D eigenvalue weighted by molar-refractivity contribution is 0.157. The molecule has 118 valence electrons. The van der Waals surface area contributed by atoms with E-state index in [9.17, 15) is 5.11 Å². The van der Waals surface area contributed by atoms with Crippen LogP contribution in [0.4, 0.5) is 0 Å². The molecule has 1 aliphatic carbocycles. The second-order valence-electron chi connectivity index (χ2n) is 7.02. The first kappa shape index (κ1) is 15.2. The van der Waals surface area contributed by atoms with Crippen molar-refractivity contribution in [3.8, 4) is 0 Å². The monoisotopic (exact) mass is 301 g/mol. The van der Waals surface area contributed by atoms with Crippen LogP contribution in [-0.4, -0.2) is 21.9 Å². The number of nitrogens with zero attached hydrogens (tertiary/aromatic N) is 2. The standard InChI is InChI=1S/C17H23N3O2/c1-16(2,3)15-19-14(20-22-15)10-18-17(11-21)9-8-12-6-4-5-7-13(12)17/h4-7,18,21H,8-11H2,1-3H3. The molecule has 5 nitrogen and oxygen atoms in total. The Morgan fingerprint density at radius 2 is 2.09 bits per heavy atom. The molecule has 0 bridgehead atoms. The van der Waals surface area contributed by atoms with Gasteiger partial charge in [0, 0.05) is 5.41 Å². The van der Waals surface area contributed by atoms with E-state index >= 15 is 0 Å². The summed E-state index contributed by atoms with van der Waals surface area (Å²) in [5, 5.41) is 17.4. The molecule has 0 saturated heterocycles. The average Bonchev–Trinajstić information content (AvgIpc) is 3.10. The Hall–Kier alpha value is -1.72. The molecule has 1 heterocycles. The van der Waals surface area contributed by atoms with Crippen LogP contribution in [0.3, 0.4) is 0 Å². The molecule has 1 aliphatic rings. The molecule has 2 N–H and O–H groups in total. The van der Waals surface area contributed by atoms with Gasteiger partial charge in [-0.25, -0.2) is 0 Å². The number of aromatic nitrogens is 2. The lowest BCUT2D eigenvalue weighted by Gasteiger charge is -2.29. The lowest BCUT2D eigenvalue weighted by Crippen LogP contribution is -2.43. The van der Waals surface area contributed by atoms with E-state index in [4.69, 9.17) is 4.52 Å². The largest absolute Gasteiger partial charge is 0.394 e. The number of hydrogen-bond acceptors (Lipinski definition) is 5. The van der Waals surface area contributed by atoms with Crippen molar-refractivity contribution in [3.63, 3.8) is 0 Å². The van der Waals surface area contributed by atoms with E-state index in [1.165, 1.54) is 11.1 Å². The number of aliphatic hydroxyl groups is 1. The van der Waals surface area contributed by atoms with Crippen molar-refractivity contribution >= 4 is 0 Å². The molecule has 5 heteroatoms. The average molecular weight is 301 g/mol. The molecule has 2 aromatic rings. The molecule has 3 rings (SSSR count). The molecule has 1 atom stereocenters. The minimum absolute atomic E-state index is 0.0635. The predicted octanol–water partition coefficient (Wildman–Crippen LogP) is 2.29. The van der Waals surface area contributed by atoms with Gasteiger partial charge in [-0.2, -0.15) is 4.98 Å². The summed E-state index contributed by atoms with van der Waals surface area (Å²) in [4.78, 5) is 4.44. The Morgan fingerprint density at radius 1 is 1.32 bits per heavy atom. The predicted molar refractivity (Wildman–Crippen MR) is 83.4 cm³/mol. The van der Waals surface area contributed by atoms with E-state index in [1.807, 2.05) is 32.9 Å². The van der Waals surface area contributed by atoms with E-state index in [2.05, 4.69) is 27.6 Å². The van der Waals surface area contributed by atoms with Gasteiger partial charge in [-0.05, 0) is 24.0 Å². The van der Waals surface area contributed by atoms with Gasteiger partial charge in [0.1, 0.15) is 0 Å². The third kappa shape index (κ3) is 2.66. The maximum atomic E-state index is 9.95. The molecule has 1 aromatic carbocycles. The Kier molecular flexibility index (Phi) is 3.78. The van der Waals surface area contributed by atoms with Crippen LogP contribution in [0.5, 0.6) is 0 Å². The highest BCUT2D eigenvalue weighted by atomic mass is 16.5. The highest BCUT2D eigenvalue weighted by molar-refractivity contribution is 5.38. The summed E-state index contributed by atoms with van der Waals surface area (Å²) in [6, 6.07) is 8.27. The molecule has 1 aromatic heterocycles. The third-order valence-electron chi connectivity index (χ3n) is 4.32. The van der Waals surface area contributed by atoms with Crippen LogP contribution < -0.4 is 5.32 Å². The van der Waals surface area contributed by atoms with Crippen LogP contribution in [0.15, 0.2) is 28.8 Å². The van der Waals surface area contributed by atoms with Crippen LogP contribution >= 0.6 is 0 Å². The fourth-order valence-electron chi connectivity index (χ4n) is 2.97. The first-order valence-corrected chi connectivity index (χ1v) is 7.72. The molecule has 0 amide bonds. The van der Waals surface area contributed by atoms with Gasteiger partial charge in [-0.15, -0.1) is 0 Å². The summed E-state index contributed by atoms with van der Waals surface area (Å²) in [5.41, 5.74) is 1.92. The zero-order valence-electron chi connectivity index (χ0n) is 13.4. The topological polar surface area (TPSA) is 71.2 Å². The summed E-state index contributed by atoms with van der Waals surface area (Å²) >= 11 is 0. The second-order valence-corrected chi connectivity index (χ2v) is 7.02. The Bertz CT molecular complexity index is 660. The summed E-state index contributed by atoms with van der Waals surface area (Å²) in [5.74, 6) is 1.26. The summed E-state index contributed by atoms with van der Waals surface area (Å²) < 4.78 is 5.32. The number of benzene rings is 1. The molecule has 22 heavy (non-hydrogen) atoms. The van der Waals surface area contributed by atoms with Crippen LogP contribution in [0.25, 0.3) is 0 Å². The number of rotatable bonds is 4. The third-order valence-corrected chi connectivity index (χ3v) is 4.32. The number of aliphatic hydroxyl groups excluding tert-OH is 1. The van der Waals surface area contributed by atoms with E-state index in [1.54, 1.807) is 0 Å². The number of aryl methyl sites for hydroxylation is 1. The molecule has 0 saturated carbocycles. The first-order valence-electron chi connectivity index (χ1n) is 7.72. The van der Waals surface area contributed by atoms with Crippen LogP contribution in [0.2, 0.25) is 0 Å². The fraction of sp³-hybridized carbons (Fsp3) is 0.529. The van der Waals surface area contributed by atoms with Crippen LogP contribution in [0, 0.1) is 0 Å². The summed E-state index contributed by atoms with van der Waals surface area (Å²) in [6.45, 7) is 6.67. The Morgan fingerprint density at radius 3 is 2.77 bits per heavy atom. The van der Waals surface area contributed by atoms with Gasteiger partial charge in [0.25, 0.3) is 0 Å². The Balaban J connectivity index is 1.77. The van der Waals surface area contributed by atoms with Gasteiger partial charge in [-0.1, -0.05) is 50.2 Å². The molecule has 0 spiro atoms. The maximum Gasteiger partial charge on any atom is 0.232 e. The van der Waals surface area contributed by atoms with Crippen LogP contribution in [0.1, 0.15) is 50.0 Å². The highest BCUT2D eigenvalue weighted by Gasteiger charge is 2.37. The van der Waals surface area contributed by atoms with Gasteiger partial charge < -0.3 is 9.63 Å². The summed E-state index contributed by atoms with van der Waals surface area (Å²) in [7, 11) is 0. The number of hydrogen-bond donors (Lipinski definition) is 2. The minimum atomic E-state index is -0.404. The normalized spacial score (nSPS) is 21.1. The van der Waals surface area contributed by atoms with Gasteiger partial charge >= 0.3 is 0 Å². The second kappa shape index (κ2) is 5.48. The van der Waals surface area contributed by atoms with Gasteiger partial charge in [0.15, 0.2) is 5.82 Å². The van der Waals surface area contributed by atoms with Gasteiger partial charge in [-0.3, -0.25) is 5.32 Å². The molecule has 0 fully saturated rings. The molecule has 1 unspecified atom stereocenters. The van der Waals surface area contributed by atoms with Crippen molar-refractivity contribution in [2.24, 2.45) is 0 Å². The molecular formula is C17H23N3O2. The number of nitrogens with one attached hydrogen (secondary N) is 1. The summed E-state index contributed by atoms with van der Waals surface area (Å²) in [6.07, 6.45) is 1.86. The molecular weight excluding hydrogens is 278 g/mol. The molecule has 0 aliphatic heterocycles. The van der Waals surface area contributed by atoms with E-state index in [-0.39, 0.29) is 12.0 Å². The maximum absolute atomic E-state index is 9.95. The van der Waals surface area contributed by atoms with E-state index < -0.39 is 5.54 Å². The smallest absolute Gasteiger partial charge is 0.232 e. The van der Waals surface area contributed by atoms with Crippen molar-refractivity contribution in [2.45, 2.75) is 51.1 Å². The minimum Gasteiger partial charge on any atom is -0.394 e. The van der Waals surface area contributed by atoms with E-state index in [0.29, 0.717) is 18.3 Å². The molecule has 0 radical (unpaired) electrons. The first-order chi connectivity index (χ1) is 10.4. The SMILES string of the molecule is CC(C)(C)c1nc(CNC2(CO)CCc3ccccc32)no1. The van der Waals surface area contributed by atoms with Crippen LogP contribution in [-0.2, 0) is 23.9 Å². The van der Waals surface area contributed by atoms with Crippen molar-refractivity contribution < 1.29 is 9.63 Å². The zero-order chi connectivity index (χ0) is 15.8. The van der Waals surface area contributed by atoms with Gasteiger partial charge in [0.05, 0.1) is 18.7 Å². The lowest BCUT2D eigenvalue weighted by atomic mass is 9.92. The zero-order valence-corrected chi connectivity index (χ0v) is 13.4. The van der Waals surface area contributed by atoms with Crippen molar-refractivity contribution in [3.05, 3.63) is 47.1 Å². The highest BCUT2D eigenvalue weighted by Crippen LogP contribution is 2.36. The fourth-order valence-corrected chi connectivity index (χ4v) is 2.97.